The van der Waals surface area contributed by atoms with Gasteiger partial charge in [0.15, 0.2) is 0 Å². The number of nitrogens with zero attached hydrogens (tertiary/aromatic N) is 2. The summed E-state index contributed by atoms with van der Waals surface area (Å²) in [7, 11) is 3.53. The Morgan fingerprint density at radius 1 is 1.05 bits per heavy atom. The van der Waals surface area contributed by atoms with E-state index in [2.05, 4.69) is 25.7 Å². The fraction of sp³-hybridized carbons (Fsp3) is 0.562. The van der Waals surface area contributed by atoms with Crippen molar-refractivity contribution in [3.05, 3.63) is 48.0 Å². The first kappa shape index (κ1) is 28.8. The third kappa shape index (κ3) is 7.90. The van der Waals surface area contributed by atoms with E-state index in [1.165, 1.54) is 0 Å². The largest absolute Gasteiger partial charge is 0.497 e. The van der Waals surface area contributed by atoms with Crippen LogP contribution in [0.3, 0.4) is 0 Å². The third-order valence-electron chi connectivity index (χ3n) is 7.91. The maximum Gasteiger partial charge on any atom is 0.303 e. The van der Waals surface area contributed by atoms with Crippen molar-refractivity contribution in [3.63, 3.8) is 0 Å². The lowest BCUT2D eigenvalue weighted by Gasteiger charge is -2.36. The highest BCUT2D eigenvalue weighted by molar-refractivity contribution is 5.97. The summed E-state index contributed by atoms with van der Waals surface area (Å²) in [5, 5.41) is 9.36. The minimum atomic E-state index is -0.742. The molecule has 1 unspecified atom stereocenters. The zero-order valence-corrected chi connectivity index (χ0v) is 24.1. The molecule has 7 nitrogen and oxygen atoms in total. The molecule has 0 bridgehead atoms. The second-order valence-corrected chi connectivity index (χ2v) is 12.4. The van der Waals surface area contributed by atoms with Crippen molar-refractivity contribution in [1.29, 1.82) is 0 Å². The lowest BCUT2D eigenvalue weighted by Crippen LogP contribution is -2.37. The average molecular weight is 537 g/mol. The summed E-state index contributed by atoms with van der Waals surface area (Å²) in [5.74, 6) is 1.94. The van der Waals surface area contributed by atoms with E-state index in [1.807, 2.05) is 49.5 Å². The number of hydrogen-bond donors (Lipinski definition) is 1. The van der Waals surface area contributed by atoms with Crippen LogP contribution in [-0.2, 0) is 9.59 Å². The Bertz CT molecular complexity index is 1150. The number of methoxy groups -OCH3 is 1. The number of carbonyl (C=O) groups is 2. The van der Waals surface area contributed by atoms with E-state index in [0.29, 0.717) is 24.9 Å². The van der Waals surface area contributed by atoms with Crippen LogP contribution in [0.5, 0.6) is 11.5 Å². The number of ether oxygens (including phenoxy) is 2. The molecule has 2 aromatic rings. The fourth-order valence-corrected chi connectivity index (χ4v) is 5.51. The Labute approximate surface area is 233 Å². The van der Waals surface area contributed by atoms with Gasteiger partial charge in [-0.15, -0.1) is 0 Å². The van der Waals surface area contributed by atoms with Gasteiger partial charge in [0.2, 0.25) is 5.91 Å². The zero-order valence-electron chi connectivity index (χ0n) is 24.1. The van der Waals surface area contributed by atoms with Gasteiger partial charge in [-0.1, -0.05) is 32.9 Å². The Hall–Kier alpha value is -3.22. The minimum Gasteiger partial charge on any atom is -0.497 e. The first-order valence-electron chi connectivity index (χ1n) is 14.2. The summed E-state index contributed by atoms with van der Waals surface area (Å²) in [6.07, 6.45) is 4.84. The van der Waals surface area contributed by atoms with Gasteiger partial charge in [0.1, 0.15) is 11.5 Å². The molecule has 7 heteroatoms. The Balaban J connectivity index is 1.37. The Kier molecular flexibility index (Phi) is 9.08. The molecule has 1 amide bonds. The molecule has 1 aliphatic carbocycles. The summed E-state index contributed by atoms with van der Waals surface area (Å²) in [5.41, 5.74) is 2.92. The Morgan fingerprint density at radius 3 is 2.38 bits per heavy atom. The van der Waals surface area contributed by atoms with E-state index >= 15 is 0 Å². The number of aliphatic carboxylic acids is 1. The molecule has 0 spiro atoms. The molecule has 1 saturated heterocycles. The van der Waals surface area contributed by atoms with Crippen LogP contribution in [-0.4, -0.2) is 50.8 Å². The van der Waals surface area contributed by atoms with Crippen molar-refractivity contribution in [2.75, 3.05) is 43.7 Å². The van der Waals surface area contributed by atoms with Crippen LogP contribution >= 0.6 is 0 Å². The van der Waals surface area contributed by atoms with E-state index in [9.17, 15) is 14.7 Å². The van der Waals surface area contributed by atoms with Crippen LogP contribution in [0.25, 0.3) is 0 Å². The number of carbonyl (C=O) groups excluding carboxylic acids is 1. The molecule has 0 aromatic heterocycles. The molecule has 1 saturated carbocycles. The van der Waals surface area contributed by atoms with Crippen LogP contribution < -0.4 is 19.3 Å². The van der Waals surface area contributed by atoms with Crippen LogP contribution in [0.4, 0.5) is 11.4 Å². The molecule has 2 aromatic carbocycles. The average Bonchev–Trinajstić information content (AvgIpc) is 3.74. The predicted octanol–water partition coefficient (Wildman–Crippen LogP) is 6.36. The molecular formula is C32H44N2O5. The lowest BCUT2D eigenvalue weighted by atomic mass is 9.91. The minimum absolute atomic E-state index is 0.0692. The molecular weight excluding hydrogens is 492 g/mol. The standard InChI is InChI=1S/C32H44N2O5/c1-32(2,3)20-30(35)33(4)28-12-11-25(38-5)18-29(28)34-15-13-22(14-16-34)21-39-26-8-6-7-24(17-26)27(19-31(36)37)23-9-10-23/h6-8,11-12,17-18,22-23,27H,9-10,13-16,19-21H2,1-5H3,(H,36,37). The number of anilines is 2. The number of hydrogen-bond acceptors (Lipinski definition) is 5. The topological polar surface area (TPSA) is 79.3 Å². The first-order valence-corrected chi connectivity index (χ1v) is 14.2. The molecule has 2 aliphatic rings. The molecule has 212 valence electrons. The quantitative estimate of drug-likeness (QED) is 0.360. The highest BCUT2D eigenvalue weighted by Gasteiger charge is 2.34. The molecule has 2 fully saturated rings. The molecule has 4 rings (SSSR count). The van der Waals surface area contributed by atoms with Crippen molar-refractivity contribution in [2.45, 2.75) is 65.2 Å². The normalized spacial score (nSPS) is 17.0. The van der Waals surface area contributed by atoms with Gasteiger partial charge < -0.3 is 24.4 Å². The second kappa shape index (κ2) is 12.3. The van der Waals surface area contributed by atoms with Gasteiger partial charge in [-0.2, -0.15) is 0 Å². The monoisotopic (exact) mass is 536 g/mol. The third-order valence-corrected chi connectivity index (χ3v) is 7.91. The van der Waals surface area contributed by atoms with Crippen molar-refractivity contribution in [3.8, 4) is 11.5 Å². The van der Waals surface area contributed by atoms with Gasteiger partial charge in [-0.05, 0) is 78.7 Å². The fourth-order valence-electron chi connectivity index (χ4n) is 5.51. The molecule has 1 atom stereocenters. The van der Waals surface area contributed by atoms with Gasteiger partial charge in [0, 0.05) is 32.6 Å². The van der Waals surface area contributed by atoms with Gasteiger partial charge in [-0.3, -0.25) is 9.59 Å². The lowest BCUT2D eigenvalue weighted by molar-refractivity contribution is -0.137. The van der Waals surface area contributed by atoms with E-state index in [-0.39, 0.29) is 23.7 Å². The highest BCUT2D eigenvalue weighted by atomic mass is 16.5. The van der Waals surface area contributed by atoms with Crippen molar-refractivity contribution < 1.29 is 24.2 Å². The predicted molar refractivity (Wildman–Crippen MR) is 155 cm³/mol. The SMILES string of the molecule is COc1ccc(N(C)C(=O)CC(C)(C)C)c(N2CCC(COc3cccc(C(CC(=O)O)C4CC4)c3)CC2)c1. The summed E-state index contributed by atoms with van der Waals surface area (Å²) < 4.78 is 11.7. The van der Waals surface area contributed by atoms with Crippen LogP contribution in [0.15, 0.2) is 42.5 Å². The molecule has 39 heavy (non-hydrogen) atoms. The van der Waals surface area contributed by atoms with Crippen LogP contribution in [0.1, 0.15) is 70.8 Å². The number of amides is 1. The van der Waals surface area contributed by atoms with E-state index in [4.69, 9.17) is 9.47 Å². The number of carboxylic acid groups (broad SMARTS) is 1. The van der Waals surface area contributed by atoms with Crippen LogP contribution in [0, 0.1) is 17.3 Å². The second-order valence-electron chi connectivity index (χ2n) is 12.4. The van der Waals surface area contributed by atoms with Gasteiger partial charge in [0.25, 0.3) is 0 Å². The summed E-state index contributed by atoms with van der Waals surface area (Å²) in [4.78, 5) is 28.5. The van der Waals surface area contributed by atoms with E-state index < -0.39 is 5.97 Å². The molecule has 1 heterocycles. The maximum absolute atomic E-state index is 13.0. The van der Waals surface area contributed by atoms with Gasteiger partial charge in [-0.25, -0.2) is 0 Å². The first-order chi connectivity index (χ1) is 18.5. The van der Waals surface area contributed by atoms with Crippen LogP contribution in [0.2, 0.25) is 0 Å². The molecule has 1 N–H and O–H groups in total. The number of piperidine rings is 1. The van der Waals surface area contributed by atoms with Crippen molar-refractivity contribution in [1.82, 2.24) is 0 Å². The summed E-state index contributed by atoms with van der Waals surface area (Å²) >= 11 is 0. The zero-order chi connectivity index (χ0) is 28.2. The Morgan fingerprint density at radius 2 is 1.77 bits per heavy atom. The van der Waals surface area contributed by atoms with E-state index in [0.717, 1.165) is 67.2 Å². The number of carboxylic acids is 1. The van der Waals surface area contributed by atoms with Crippen molar-refractivity contribution >= 4 is 23.3 Å². The highest BCUT2D eigenvalue weighted by Crippen LogP contribution is 2.45. The van der Waals surface area contributed by atoms with Gasteiger partial charge >= 0.3 is 5.97 Å². The molecule has 1 aliphatic heterocycles. The van der Waals surface area contributed by atoms with Gasteiger partial charge in [0.05, 0.1) is 31.5 Å². The molecule has 0 radical (unpaired) electrons. The summed E-state index contributed by atoms with van der Waals surface area (Å²) in [6, 6.07) is 13.9. The number of rotatable bonds is 11. The van der Waals surface area contributed by atoms with Crippen molar-refractivity contribution in [2.24, 2.45) is 17.3 Å². The smallest absolute Gasteiger partial charge is 0.303 e. The number of benzene rings is 2. The maximum atomic E-state index is 13.0. The van der Waals surface area contributed by atoms with E-state index in [1.54, 1.807) is 12.0 Å². The summed E-state index contributed by atoms with van der Waals surface area (Å²) in [6.45, 7) is 8.63.